The summed E-state index contributed by atoms with van der Waals surface area (Å²) in [6.07, 6.45) is 7.06. The molecule has 1 amide bonds. The van der Waals surface area contributed by atoms with Gasteiger partial charge in [0.2, 0.25) is 0 Å². The molecular formula is C31H38N2O. The minimum atomic E-state index is -0.00797. The zero-order valence-electron chi connectivity index (χ0n) is 20.6. The molecule has 3 heteroatoms. The van der Waals surface area contributed by atoms with Gasteiger partial charge in [0.05, 0.1) is 0 Å². The number of hydrogen-bond acceptors (Lipinski definition) is 2. The van der Waals surface area contributed by atoms with Gasteiger partial charge in [-0.3, -0.25) is 4.79 Å². The summed E-state index contributed by atoms with van der Waals surface area (Å²) in [5.74, 6) is -0.00797. The molecule has 3 nitrogen and oxygen atoms in total. The second-order valence-corrected chi connectivity index (χ2v) is 10.4. The van der Waals surface area contributed by atoms with E-state index in [4.69, 9.17) is 0 Å². The van der Waals surface area contributed by atoms with Gasteiger partial charge in [0.25, 0.3) is 5.91 Å². The first-order valence-corrected chi connectivity index (χ1v) is 12.7. The summed E-state index contributed by atoms with van der Waals surface area (Å²) in [7, 11) is 0. The van der Waals surface area contributed by atoms with Crippen LogP contribution in [0.5, 0.6) is 0 Å². The molecule has 34 heavy (non-hydrogen) atoms. The van der Waals surface area contributed by atoms with Gasteiger partial charge < -0.3 is 10.6 Å². The Bertz CT molecular complexity index is 1050. The van der Waals surface area contributed by atoms with Gasteiger partial charge in [-0.1, -0.05) is 80.6 Å². The van der Waals surface area contributed by atoms with Crippen molar-refractivity contribution < 1.29 is 4.79 Å². The average molecular weight is 455 g/mol. The lowest BCUT2D eigenvalue weighted by Crippen LogP contribution is -2.35. The smallest absolute Gasteiger partial charge is 0.251 e. The van der Waals surface area contributed by atoms with Crippen LogP contribution in [0, 0.1) is 5.41 Å². The summed E-state index contributed by atoms with van der Waals surface area (Å²) < 4.78 is 0. The van der Waals surface area contributed by atoms with Crippen molar-refractivity contribution in [1.82, 2.24) is 10.6 Å². The topological polar surface area (TPSA) is 41.1 Å². The van der Waals surface area contributed by atoms with E-state index >= 15 is 0 Å². The Morgan fingerprint density at radius 1 is 0.853 bits per heavy atom. The van der Waals surface area contributed by atoms with E-state index in [0.717, 1.165) is 30.5 Å². The van der Waals surface area contributed by atoms with Crippen LogP contribution in [0.4, 0.5) is 0 Å². The first-order chi connectivity index (χ1) is 16.5. The lowest BCUT2D eigenvalue weighted by molar-refractivity contribution is 0.0953. The van der Waals surface area contributed by atoms with E-state index in [1.165, 1.54) is 36.8 Å². The quantitative estimate of drug-likeness (QED) is 0.350. The Balaban J connectivity index is 1.26. The van der Waals surface area contributed by atoms with Crippen LogP contribution in [-0.2, 0) is 13.0 Å². The Morgan fingerprint density at radius 2 is 1.59 bits per heavy atom. The molecule has 0 unspecified atom stereocenters. The van der Waals surface area contributed by atoms with Crippen molar-refractivity contribution in [2.45, 2.75) is 65.0 Å². The van der Waals surface area contributed by atoms with Gasteiger partial charge in [-0.15, -0.1) is 0 Å². The summed E-state index contributed by atoms with van der Waals surface area (Å²) in [6, 6.07) is 27.7. The summed E-state index contributed by atoms with van der Waals surface area (Å²) in [6.45, 7) is 6.36. The fourth-order valence-corrected chi connectivity index (χ4v) is 4.76. The Labute approximate surface area is 205 Å². The highest BCUT2D eigenvalue weighted by atomic mass is 16.1. The lowest BCUT2D eigenvalue weighted by Gasteiger charge is -2.34. The number of hydrogen-bond donors (Lipinski definition) is 2. The SMILES string of the molecule is CC1(C)CCC(NCc2ccc(-c3cccc(C(=O)NCCCc4ccccc4)c3)cc2)CC1. The van der Waals surface area contributed by atoms with Gasteiger partial charge >= 0.3 is 0 Å². The molecule has 0 aliphatic heterocycles. The summed E-state index contributed by atoms with van der Waals surface area (Å²) in [4.78, 5) is 12.6. The number of aryl methyl sites for hydroxylation is 1. The standard InChI is InChI=1S/C31H38N2O/c1-31(2)19-17-29(18-20-31)33-23-25-13-15-26(16-14-25)27-11-6-12-28(22-27)30(34)32-21-7-10-24-8-4-3-5-9-24/h3-6,8-9,11-16,22,29,33H,7,10,17-21,23H2,1-2H3,(H,32,34). The Hall–Kier alpha value is -2.91. The molecule has 0 aromatic heterocycles. The molecular weight excluding hydrogens is 416 g/mol. The highest BCUT2D eigenvalue weighted by Crippen LogP contribution is 2.35. The monoisotopic (exact) mass is 454 g/mol. The Kier molecular flexibility index (Phi) is 8.18. The second-order valence-electron chi connectivity index (χ2n) is 10.4. The molecule has 1 aliphatic carbocycles. The largest absolute Gasteiger partial charge is 0.352 e. The van der Waals surface area contributed by atoms with Crippen LogP contribution in [0.2, 0.25) is 0 Å². The maximum atomic E-state index is 12.6. The molecule has 0 bridgehead atoms. The minimum Gasteiger partial charge on any atom is -0.352 e. The van der Waals surface area contributed by atoms with E-state index in [0.29, 0.717) is 23.6 Å². The third-order valence-corrected chi connectivity index (χ3v) is 7.12. The molecule has 1 aliphatic rings. The van der Waals surface area contributed by atoms with Crippen LogP contribution in [0.1, 0.15) is 67.4 Å². The first-order valence-electron chi connectivity index (χ1n) is 12.7. The molecule has 178 valence electrons. The highest BCUT2D eigenvalue weighted by Gasteiger charge is 2.26. The van der Waals surface area contributed by atoms with Gasteiger partial charge in [0, 0.05) is 24.7 Å². The molecule has 2 N–H and O–H groups in total. The zero-order chi connectivity index (χ0) is 23.8. The summed E-state index contributed by atoms with van der Waals surface area (Å²) >= 11 is 0. The molecule has 0 spiro atoms. The second kappa shape index (κ2) is 11.5. The van der Waals surface area contributed by atoms with Crippen molar-refractivity contribution in [1.29, 1.82) is 0 Å². The number of carbonyl (C=O) groups is 1. The van der Waals surface area contributed by atoms with E-state index in [9.17, 15) is 4.79 Å². The van der Waals surface area contributed by atoms with Crippen molar-refractivity contribution in [3.63, 3.8) is 0 Å². The van der Waals surface area contributed by atoms with E-state index < -0.39 is 0 Å². The average Bonchev–Trinajstić information content (AvgIpc) is 2.87. The lowest BCUT2D eigenvalue weighted by atomic mass is 9.75. The van der Waals surface area contributed by atoms with Gasteiger partial charge in [-0.05, 0) is 78.3 Å². The van der Waals surface area contributed by atoms with E-state index in [1.54, 1.807) is 0 Å². The minimum absolute atomic E-state index is 0.00797. The normalized spacial score (nSPS) is 15.7. The first kappa shape index (κ1) is 24.2. The van der Waals surface area contributed by atoms with Crippen molar-refractivity contribution in [2.24, 2.45) is 5.41 Å². The zero-order valence-corrected chi connectivity index (χ0v) is 20.6. The predicted molar refractivity (Wildman–Crippen MR) is 142 cm³/mol. The van der Waals surface area contributed by atoms with Crippen molar-refractivity contribution in [3.8, 4) is 11.1 Å². The van der Waals surface area contributed by atoms with Crippen molar-refractivity contribution in [2.75, 3.05) is 6.54 Å². The summed E-state index contributed by atoms with van der Waals surface area (Å²) in [5, 5.41) is 6.80. The third-order valence-electron chi connectivity index (χ3n) is 7.12. The molecule has 4 rings (SSSR count). The van der Waals surface area contributed by atoms with Crippen LogP contribution in [0.3, 0.4) is 0 Å². The van der Waals surface area contributed by atoms with Gasteiger partial charge in [-0.2, -0.15) is 0 Å². The molecule has 1 saturated carbocycles. The van der Waals surface area contributed by atoms with Crippen LogP contribution in [-0.4, -0.2) is 18.5 Å². The molecule has 1 fully saturated rings. The summed E-state index contributed by atoms with van der Waals surface area (Å²) in [5.41, 5.74) is 6.05. The van der Waals surface area contributed by atoms with E-state index in [1.807, 2.05) is 24.3 Å². The maximum Gasteiger partial charge on any atom is 0.251 e. The van der Waals surface area contributed by atoms with Gasteiger partial charge in [-0.25, -0.2) is 0 Å². The molecule has 3 aromatic rings. The number of rotatable bonds is 9. The predicted octanol–water partition coefficient (Wildman–Crippen LogP) is 6.77. The highest BCUT2D eigenvalue weighted by molar-refractivity contribution is 5.95. The molecule has 0 radical (unpaired) electrons. The number of nitrogens with one attached hydrogen (secondary N) is 2. The fourth-order valence-electron chi connectivity index (χ4n) is 4.76. The van der Waals surface area contributed by atoms with Gasteiger partial charge in [0.1, 0.15) is 0 Å². The number of amides is 1. The number of carbonyl (C=O) groups excluding carboxylic acids is 1. The van der Waals surface area contributed by atoms with Crippen LogP contribution in [0.25, 0.3) is 11.1 Å². The molecule has 3 aromatic carbocycles. The van der Waals surface area contributed by atoms with Crippen molar-refractivity contribution >= 4 is 5.91 Å². The molecule has 0 heterocycles. The fraction of sp³-hybridized carbons (Fsp3) is 0.387. The van der Waals surface area contributed by atoms with Crippen LogP contribution in [0.15, 0.2) is 78.9 Å². The van der Waals surface area contributed by atoms with Gasteiger partial charge in [0.15, 0.2) is 0 Å². The van der Waals surface area contributed by atoms with Crippen molar-refractivity contribution in [3.05, 3.63) is 95.6 Å². The van der Waals surface area contributed by atoms with Crippen LogP contribution < -0.4 is 10.6 Å². The van der Waals surface area contributed by atoms with E-state index in [-0.39, 0.29) is 5.91 Å². The molecule has 0 saturated heterocycles. The molecule has 0 atom stereocenters. The van der Waals surface area contributed by atoms with E-state index in [2.05, 4.69) is 79.1 Å². The number of benzene rings is 3. The maximum absolute atomic E-state index is 12.6. The Morgan fingerprint density at radius 3 is 2.32 bits per heavy atom. The third kappa shape index (κ3) is 7.04. The van der Waals surface area contributed by atoms with Crippen LogP contribution >= 0.6 is 0 Å².